The summed E-state index contributed by atoms with van der Waals surface area (Å²) in [5, 5.41) is 6.77. The third-order valence-corrected chi connectivity index (χ3v) is 2.80. The summed E-state index contributed by atoms with van der Waals surface area (Å²) in [7, 11) is 0. The van der Waals surface area contributed by atoms with Crippen LogP contribution in [0.2, 0.25) is 5.02 Å². The zero-order valence-electron chi connectivity index (χ0n) is 9.60. The molecule has 0 bridgehead atoms. The Morgan fingerprint density at radius 2 is 2.33 bits per heavy atom. The normalized spacial score (nSPS) is 12.2. The van der Waals surface area contributed by atoms with Crippen molar-refractivity contribution in [3.8, 4) is 0 Å². The van der Waals surface area contributed by atoms with Gasteiger partial charge < -0.3 is 5.32 Å². The van der Waals surface area contributed by atoms with E-state index in [2.05, 4.69) is 10.4 Å². The van der Waals surface area contributed by atoms with Crippen LogP contribution in [0.3, 0.4) is 0 Å². The van der Waals surface area contributed by atoms with Gasteiger partial charge in [-0.05, 0) is 31.2 Å². The maximum absolute atomic E-state index is 12.9. The number of nitrogens with zero attached hydrogens (tertiary/aromatic N) is 2. The maximum atomic E-state index is 12.9. The van der Waals surface area contributed by atoms with E-state index in [1.807, 2.05) is 0 Å². The number of hydrogen-bond acceptors (Lipinski definition) is 2. The lowest BCUT2D eigenvalue weighted by Crippen LogP contribution is -2.24. The molecule has 0 saturated heterocycles. The number of anilines is 1. The number of hydrogen-bond donors (Lipinski definition) is 1. The van der Waals surface area contributed by atoms with Crippen LogP contribution in [0, 0.1) is 5.82 Å². The number of aromatic nitrogens is 2. The Morgan fingerprint density at radius 1 is 1.56 bits per heavy atom. The van der Waals surface area contributed by atoms with Gasteiger partial charge in [0.25, 0.3) is 0 Å². The number of carbonyl (C=O) groups excluding carboxylic acids is 1. The fourth-order valence-corrected chi connectivity index (χ4v) is 1.67. The lowest BCUT2D eigenvalue weighted by Gasteiger charge is -2.13. The van der Waals surface area contributed by atoms with E-state index >= 15 is 0 Å². The van der Waals surface area contributed by atoms with Crippen LogP contribution in [0.5, 0.6) is 0 Å². The summed E-state index contributed by atoms with van der Waals surface area (Å²) >= 11 is 5.83. The van der Waals surface area contributed by atoms with Crippen molar-refractivity contribution in [3.05, 3.63) is 47.5 Å². The van der Waals surface area contributed by atoms with Gasteiger partial charge in [0.05, 0.1) is 10.7 Å². The second-order valence-electron chi connectivity index (χ2n) is 3.78. The first kappa shape index (κ1) is 12.6. The molecule has 1 amide bonds. The van der Waals surface area contributed by atoms with E-state index in [4.69, 9.17) is 11.6 Å². The second-order valence-corrected chi connectivity index (χ2v) is 4.18. The molecule has 1 heterocycles. The van der Waals surface area contributed by atoms with E-state index in [0.29, 0.717) is 5.69 Å². The Hall–Kier alpha value is -1.88. The smallest absolute Gasteiger partial charge is 0.248 e. The lowest BCUT2D eigenvalue weighted by atomic mass is 10.2. The maximum Gasteiger partial charge on any atom is 0.248 e. The highest BCUT2D eigenvalue weighted by Gasteiger charge is 2.16. The minimum absolute atomic E-state index is 0.163. The molecule has 1 atom stereocenters. The zero-order chi connectivity index (χ0) is 13.1. The summed E-state index contributed by atoms with van der Waals surface area (Å²) in [6.07, 6.45) is 3.28. The van der Waals surface area contributed by atoms with Crippen LogP contribution < -0.4 is 5.32 Å². The molecule has 94 valence electrons. The van der Waals surface area contributed by atoms with E-state index in [1.54, 1.807) is 25.4 Å². The van der Waals surface area contributed by atoms with Crippen molar-refractivity contribution in [1.82, 2.24) is 9.78 Å². The number of rotatable bonds is 3. The molecule has 0 aliphatic carbocycles. The number of amides is 1. The topological polar surface area (TPSA) is 46.9 Å². The largest absolute Gasteiger partial charge is 0.323 e. The summed E-state index contributed by atoms with van der Waals surface area (Å²) in [5.74, 6) is -0.717. The first-order valence-corrected chi connectivity index (χ1v) is 5.71. The third kappa shape index (κ3) is 2.68. The molecule has 18 heavy (non-hydrogen) atoms. The number of nitrogens with one attached hydrogen (secondary N) is 1. The van der Waals surface area contributed by atoms with Crippen LogP contribution in [-0.2, 0) is 4.79 Å². The monoisotopic (exact) mass is 267 g/mol. The molecule has 0 saturated carbocycles. The SMILES string of the molecule is CC(C(=O)Nc1ccc(F)cc1Cl)n1cccn1. The highest BCUT2D eigenvalue weighted by Crippen LogP contribution is 2.23. The Bertz CT molecular complexity index is 556. The molecule has 1 aromatic carbocycles. The van der Waals surface area contributed by atoms with Gasteiger partial charge >= 0.3 is 0 Å². The first-order valence-electron chi connectivity index (χ1n) is 5.33. The van der Waals surface area contributed by atoms with Gasteiger partial charge in [-0.2, -0.15) is 5.10 Å². The predicted molar refractivity (Wildman–Crippen MR) is 67.0 cm³/mol. The van der Waals surface area contributed by atoms with Gasteiger partial charge in [0, 0.05) is 12.4 Å². The second kappa shape index (κ2) is 5.18. The van der Waals surface area contributed by atoms with Gasteiger partial charge in [-0.1, -0.05) is 11.6 Å². The highest BCUT2D eigenvalue weighted by atomic mass is 35.5. The van der Waals surface area contributed by atoms with Crippen molar-refractivity contribution < 1.29 is 9.18 Å². The molecule has 0 aliphatic heterocycles. The molecular weight excluding hydrogens is 257 g/mol. The molecule has 0 spiro atoms. The molecule has 2 rings (SSSR count). The Balaban J connectivity index is 2.12. The Labute approximate surface area is 108 Å². The average molecular weight is 268 g/mol. The van der Waals surface area contributed by atoms with E-state index in [9.17, 15) is 9.18 Å². The lowest BCUT2D eigenvalue weighted by molar-refractivity contribution is -0.119. The quantitative estimate of drug-likeness (QED) is 0.929. The summed E-state index contributed by atoms with van der Waals surface area (Å²) in [5.41, 5.74) is 0.377. The number of halogens is 2. The van der Waals surface area contributed by atoms with E-state index in [-0.39, 0.29) is 10.9 Å². The van der Waals surface area contributed by atoms with E-state index < -0.39 is 11.9 Å². The summed E-state index contributed by atoms with van der Waals surface area (Å²) < 4.78 is 14.4. The summed E-state index contributed by atoms with van der Waals surface area (Å²) in [6, 6.07) is 5.07. The van der Waals surface area contributed by atoms with Crippen LogP contribution in [0.1, 0.15) is 13.0 Å². The van der Waals surface area contributed by atoms with Crippen LogP contribution in [-0.4, -0.2) is 15.7 Å². The van der Waals surface area contributed by atoms with Gasteiger partial charge in [-0.3, -0.25) is 9.48 Å². The van der Waals surface area contributed by atoms with Gasteiger partial charge in [-0.15, -0.1) is 0 Å². The minimum atomic E-state index is -0.471. The summed E-state index contributed by atoms with van der Waals surface area (Å²) in [4.78, 5) is 11.9. The van der Waals surface area contributed by atoms with Crippen LogP contribution >= 0.6 is 11.6 Å². The summed E-state index contributed by atoms with van der Waals surface area (Å²) in [6.45, 7) is 1.71. The Morgan fingerprint density at radius 3 is 2.94 bits per heavy atom. The van der Waals surface area contributed by atoms with Crippen molar-refractivity contribution in [1.29, 1.82) is 0 Å². The van der Waals surface area contributed by atoms with Crippen LogP contribution in [0.15, 0.2) is 36.7 Å². The minimum Gasteiger partial charge on any atom is -0.323 e. The van der Waals surface area contributed by atoms with Crippen LogP contribution in [0.25, 0.3) is 0 Å². The first-order chi connectivity index (χ1) is 8.58. The molecule has 1 aromatic heterocycles. The molecule has 0 radical (unpaired) electrons. The van der Waals surface area contributed by atoms with Gasteiger partial charge in [0.2, 0.25) is 5.91 Å². The molecule has 6 heteroatoms. The van der Waals surface area contributed by atoms with E-state index in [0.717, 1.165) is 6.07 Å². The molecule has 1 unspecified atom stereocenters. The molecule has 0 aliphatic rings. The van der Waals surface area contributed by atoms with Gasteiger partial charge in [0.15, 0.2) is 0 Å². The molecule has 1 N–H and O–H groups in total. The number of carbonyl (C=O) groups is 1. The standard InChI is InChI=1S/C12H11ClFN3O/c1-8(17-6-2-5-15-17)12(18)16-11-4-3-9(14)7-10(11)13/h2-8H,1H3,(H,16,18). The van der Waals surface area contributed by atoms with Crippen molar-refractivity contribution in [3.63, 3.8) is 0 Å². The van der Waals surface area contributed by atoms with Crippen molar-refractivity contribution in [2.45, 2.75) is 13.0 Å². The van der Waals surface area contributed by atoms with Crippen molar-refractivity contribution >= 4 is 23.2 Å². The molecule has 2 aromatic rings. The van der Waals surface area contributed by atoms with E-state index in [1.165, 1.54) is 16.8 Å². The predicted octanol–water partition coefficient (Wildman–Crippen LogP) is 2.88. The average Bonchev–Trinajstić information content (AvgIpc) is 2.85. The molecule has 4 nitrogen and oxygen atoms in total. The molecular formula is C12H11ClFN3O. The fraction of sp³-hybridized carbons (Fsp3) is 0.167. The fourth-order valence-electron chi connectivity index (χ4n) is 1.46. The number of benzene rings is 1. The van der Waals surface area contributed by atoms with Crippen LogP contribution in [0.4, 0.5) is 10.1 Å². The van der Waals surface area contributed by atoms with Gasteiger partial charge in [0.1, 0.15) is 11.9 Å². The van der Waals surface area contributed by atoms with Gasteiger partial charge in [-0.25, -0.2) is 4.39 Å². The van der Waals surface area contributed by atoms with Crippen molar-refractivity contribution in [2.75, 3.05) is 5.32 Å². The highest BCUT2D eigenvalue weighted by molar-refractivity contribution is 6.33. The van der Waals surface area contributed by atoms with Crippen molar-refractivity contribution in [2.24, 2.45) is 0 Å². The zero-order valence-corrected chi connectivity index (χ0v) is 10.4. The molecule has 0 fully saturated rings. The Kier molecular flexibility index (Phi) is 3.62. The third-order valence-electron chi connectivity index (χ3n) is 2.49.